The molecular formula is C20H35NSiTi-. The van der Waals surface area contributed by atoms with Crippen LogP contribution in [0.5, 0.6) is 0 Å². The van der Waals surface area contributed by atoms with Crippen LogP contribution in [-0.4, -0.2) is 13.8 Å². The fraction of sp³-hybridized carbons (Fsp3) is 0.550. The van der Waals surface area contributed by atoms with E-state index < -0.39 is 8.24 Å². The monoisotopic (exact) mass is 365 g/mol. The summed E-state index contributed by atoms with van der Waals surface area (Å²) in [5, 5.41) is 0. The Hall–Kier alpha value is 0.891. The number of hydrogen-bond donors (Lipinski definition) is 0. The molecule has 0 aromatic carbocycles. The fourth-order valence-electron chi connectivity index (χ4n) is 3.17. The molecule has 0 saturated heterocycles. The van der Waals surface area contributed by atoms with Crippen LogP contribution in [0.3, 0.4) is 0 Å². The minimum Gasteiger partial charge on any atom is -0.659 e. The Morgan fingerprint density at radius 2 is 1.30 bits per heavy atom. The van der Waals surface area contributed by atoms with Gasteiger partial charge in [0.1, 0.15) is 0 Å². The molecule has 0 atom stereocenters. The molecule has 0 aliphatic heterocycles. The van der Waals surface area contributed by atoms with E-state index in [2.05, 4.69) is 68.5 Å². The first-order valence-electron chi connectivity index (χ1n) is 8.10. The summed E-state index contributed by atoms with van der Waals surface area (Å²) in [5.74, 6) is 5.87. The van der Waals surface area contributed by atoms with Gasteiger partial charge in [-0.2, -0.15) is 0 Å². The standard InChI is InChI=1S/C15H27NSi.C5H8.Ti/c1-10-11(2)13(4)14(12(10)3)17(8,9)16-15(5,6)7;1-3-5-4-2;/h1-9H3;3-5H,1H2,2H3;/q-1;;. The van der Waals surface area contributed by atoms with E-state index in [1.54, 1.807) is 12.0 Å². The van der Waals surface area contributed by atoms with Gasteiger partial charge in [0.05, 0.1) is 0 Å². The van der Waals surface area contributed by atoms with Crippen LogP contribution in [0.1, 0.15) is 55.4 Å². The van der Waals surface area contributed by atoms with Crippen molar-refractivity contribution in [2.24, 2.45) is 0 Å². The second-order valence-electron chi connectivity index (χ2n) is 7.48. The van der Waals surface area contributed by atoms with E-state index in [1.807, 2.05) is 19.8 Å². The molecule has 1 aliphatic carbocycles. The first-order chi connectivity index (χ1) is 9.89. The topological polar surface area (TPSA) is 14.1 Å². The van der Waals surface area contributed by atoms with Crippen molar-refractivity contribution < 1.29 is 21.7 Å². The SMILES string of the molecule is C[C]1[C](C)[C](C)[C]([Si](C)(C)[N-]C(C)(C)C)[C]1C.[CH2][CH][CH][CH]C.[Ti]. The van der Waals surface area contributed by atoms with Crippen LogP contribution in [0, 0.1) is 55.4 Å². The van der Waals surface area contributed by atoms with Crippen LogP contribution in [0.2, 0.25) is 13.1 Å². The van der Waals surface area contributed by atoms with Gasteiger partial charge in [-0.25, -0.2) is 0 Å². The van der Waals surface area contributed by atoms with Gasteiger partial charge in [0.15, 0.2) is 0 Å². The maximum Gasteiger partial charge on any atom is 0 e. The quantitative estimate of drug-likeness (QED) is 0.518. The van der Waals surface area contributed by atoms with Crippen molar-refractivity contribution in [1.29, 1.82) is 0 Å². The average Bonchev–Trinajstić information content (AvgIpc) is 2.53. The van der Waals surface area contributed by atoms with E-state index in [0.717, 1.165) is 0 Å². The molecule has 3 heteroatoms. The summed E-state index contributed by atoms with van der Waals surface area (Å²) in [6, 6.07) is 0. The smallest absolute Gasteiger partial charge is 0 e. The number of hydrogen-bond acceptors (Lipinski definition) is 0. The molecule has 1 fully saturated rings. The van der Waals surface area contributed by atoms with Gasteiger partial charge < -0.3 is 4.98 Å². The summed E-state index contributed by atoms with van der Waals surface area (Å²) < 4.78 is 0. The Balaban J connectivity index is 0. The Morgan fingerprint density at radius 1 is 0.913 bits per heavy atom. The zero-order valence-electron chi connectivity index (χ0n) is 16.9. The fourth-order valence-corrected chi connectivity index (χ4v) is 7.17. The molecule has 0 amide bonds. The van der Waals surface area contributed by atoms with Crippen molar-refractivity contribution in [3.63, 3.8) is 0 Å². The van der Waals surface area contributed by atoms with Crippen LogP contribution in [0.25, 0.3) is 4.98 Å². The normalized spacial score (nSPS) is 19.4. The Morgan fingerprint density at radius 3 is 1.52 bits per heavy atom. The van der Waals surface area contributed by atoms with E-state index in [9.17, 15) is 0 Å². The first kappa shape index (κ1) is 26.1. The molecule has 0 bridgehead atoms. The third-order valence-corrected chi connectivity index (χ3v) is 7.20. The third kappa shape index (κ3) is 8.21. The predicted octanol–water partition coefficient (Wildman–Crippen LogP) is 6.32. The molecule has 1 aliphatic rings. The summed E-state index contributed by atoms with van der Waals surface area (Å²) in [6.45, 7) is 25.8. The minimum absolute atomic E-state index is 0. The summed E-state index contributed by atoms with van der Waals surface area (Å²) >= 11 is 0. The second kappa shape index (κ2) is 10.8. The van der Waals surface area contributed by atoms with E-state index in [0.29, 0.717) is 0 Å². The molecule has 0 aromatic rings. The van der Waals surface area contributed by atoms with Gasteiger partial charge in [-0.3, -0.25) is 0 Å². The molecule has 0 spiro atoms. The van der Waals surface area contributed by atoms with Crippen molar-refractivity contribution in [3.05, 3.63) is 60.4 Å². The molecule has 1 nitrogen and oxygen atoms in total. The van der Waals surface area contributed by atoms with Gasteiger partial charge in [-0.05, 0) is 55.4 Å². The molecule has 9 radical (unpaired) electrons. The van der Waals surface area contributed by atoms with Gasteiger partial charge in [0.25, 0.3) is 0 Å². The summed E-state index contributed by atoms with van der Waals surface area (Å²) in [5.41, 5.74) is 1.62. The van der Waals surface area contributed by atoms with E-state index in [4.69, 9.17) is 4.98 Å². The third-order valence-electron chi connectivity index (χ3n) is 3.99. The minimum atomic E-state index is -1.69. The van der Waals surface area contributed by atoms with Crippen molar-refractivity contribution in [2.45, 2.75) is 74.0 Å². The van der Waals surface area contributed by atoms with Crippen LogP contribution in [-0.2, 0) is 21.7 Å². The van der Waals surface area contributed by atoms with E-state index >= 15 is 0 Å². The molecule has 129 valence electrons. The van der Waals surface area contributed by atoms with Gasteiger partial charge in [0.2, 0.25) is 0 Å². The van der Waals surface area contributed by atoms with Crippen LogP contribution >= 0.6 is 0 Å². The summed E-state index contributed by atoms with van der Waals surface area (Å²) in [6.07, 6.45) is 5.58. The summed E-state index contributed by atoms with van der Waals surface area (Å²) in [7, 11) is -1.69. The van der Waals surface area contributed by atoms with Gasteiger partial charge in [0, 0.05) is 21.7 Å². The van der Waals surface area contributed by atoms with Gasteiger partial charge in [-0.15, -0.1) is 5.54 Å². The van der Waals surface area contributed by atoms with E-state index in [-0.39, 0.29) is 27.3 Å². The largest absolute Gasteiger partial charge is 0.659 e. The number of rotatable bonds is 4. The second-order valence-corrected chi connectivity index (χ2v) is 11.3. The average molecular weight is 365 g/mol. The number of nitrogens with zero attached hydrogens (tertiary/aromatic N) is 1. The van der Waals surface area contributed by atoms with Crippen molar-refractivity contribution in [3.8, 4) is 0 Å². The molecule has 23 heavy (non-hydrogen) atoms. The zero-order valence-corrected chi connectivity index (χ0v) is 19.4. The zero-order chi connectivity index (χ0) is 17.7. The Bertz CT molecular complexity index is 295. The predicted molar refractivity (Wildman–Crippen MR) is 103 cm³/mol. The maximum absolute atomic E-state index is 5.13. The van der Waals surface area contributed by atoms with Crippen LogP contribution < -0.4 is 0 Å². The molecule has 0 heterocycles. The van der Waals surface area contributed by atoms with Crippen LogP contribution in [0.15, 0.2) is 0 Å². The Kier molecular flexibility index (Phi) is 12.3. The van der Waals surface area contributed by atoms with Crippen LogP contribution in [0.4, 0.5) is 0 Å². The maximum atomic E-state index is 5.13. The molecule has 1 rings (SSSR count). The number of unbranched alkanes of at least 4 members (excludes halogenated alkanes) is 2. The van der Waals surface area contributed by atoms with Crippen molar-refractivity contribution in [1.82, 2.24) is 0 Å². The van der Waals surface area contributed by atoms with Crippen molar-refractivity contribution >= 4 is 8.24 Å². The molecule has 0 N–H and O–H groups in total. The molecule has 0 unspecified atom stereocenters. The first-order valence-corrected chi connectivity index (χ1v) is 11.0. The van der Waals surface area contributed by atoms with E-state index in [1.165, 1.54) is 23.7 Å². The van der Waals surface area contributed by atoms with Gasteiger partial charge >= 0.3 is 0 Å². The molecule has 1 saturated carbocycles. The summed E-state index contributed by atoms with van der Waals surface area (Å²) in [4.78, 5) is 5.13. The molecular weight excluding hydrogens is 330 g/mol. The van der Waals surface area contributed by atoms with Gasteiger partial charge in [-0.1, -0.05) is 76.7 Å². The Labute approximate surface area is 164 Å². The molecule has 0 aromatic heterocycles. The van der Waals surface area contributed by atoms with Crippen molar-refractivity contribution in [2.75, 3.05) is 0 Å².